The van der Waals surface area contributed by atoms with Crippen LogP contribution >= 0.6 is 0 Å². The van der Waals surface area contributed by atoms with Crippen molar-refractivity contribution in [1.82, 2.24) is 14.7 Å². The quantitative estimate of drug-likeness (QED) is 0.782. The first-order chi connectivity index (χ1) is 14.1. The summed E-state index contributed by atoms with van der Waals surface area (Å²) in [5, 5.41) is 0. The highest BCUT2D eigenvalue weighted by Gasteiger charge is 2.38. The first-order valence-corrected chi connectivity index (χ1v) is 11.0. The third-order valence-corrected chi connectivity index (χ3v) is 6.50. The molecule has 1 unspecified atom stereocenters. The Hall–Kier alpha value is -2.37. The zero-order chi connectivity index (χ0) is 20.4. The van der Waals surface area contributed by atoms with Crippen LogP contribution in [-0.4, -0.2) is 71.7 Å². The number of aryl methyl sites for hydroxylation is 1. The van der Waals surface area contributed by atoms with Gasteiger partial charge in [0, 0.05) is 50.7 Å². The second kappa shape index (κ2) is 8.56. The summed E-state index contributed by atoms with van der Waals surface area (Å²) in [4.78, 5) is 43.7. The van der Waals surface area contributed by atoms with E-state index in [4.69, 9.17) is 0 Å². The molecule has 0 radical (unpaired) electrons. The molecule has 156 valence electrons. The van der Waals surface area contributed by atoms with Crippen LogP contribution in [0.15, 0.2) is 24.3 Å². The van der Waals surface area contributed by atoms with E-state index < -0.39 is 0 Å². The van der Waals surface area contributed by atoms with Gasteiger partial charge in [-0.25, -0.2) is 0 Å². The van der Waals surface area contributed by atoms with Crippen molar-refractivity contribution in [3.8, 4) is 0 Å². The topological polar surface area (TPSA) is 60.9 Å². The Morgan fingerprint density at radius 3 is 2.03 bits per heavy atom. The number of hydrogen-bond donors (Lipinski definition) is 0. The van der Waals surface area contributed by atoms with E-state index in [9.17, 15) is 14.4 Å². The summed E-state index contributed by atoms with van der Waals surface area (Å²) in [7, 11) is 0. The number of carbonyl (C=O) groups is 3. The van der Waals surface area contributed by atoms with E-state index in [0.29, 0.717) is 38.3 Å². The summed E-state index contributed by atoms with van der Waals surface area (Å²) in [5.74, 6) is 0.559. The number of nitrogens with zero attached hydrogens (tertiary/aromatic N) is 3. The second-order valence-electron chi connectivity index (χ2n) is 8.57. The number of piperazine rings is 1. The summed E-state index contributed by atoms with van der Waals surface area (Å²) < 4.78 is 0. The van der Waals surface area contributed by atoms with Crippen molar-refractivity contribution in [2.24, 2.45) is 11.8 Å². The third kappa shape index (κ3) is 4.46. The monoisotopic (exact) mass is 397 g/mol. The molecule has 6 nitrogen and oxygen atoms in total. The van der Waals surface area contributed by atoms with Gasteiger partial charge in [-0.15, -0.1) is 0 Å². The van der Waals surface area contributed by atoms with Crippen molar-refractivity contribution >= 4 is 17.7 Å². The molecule has 1 saturated carbocycles. The summed E-state index contributed by atoms with van der Waals surface area (Å²) >= 11 is 0. The predicted octanol–water partition coefficient (Wildman–Crippen LogP) is 2.18. The van der Waals surface area contributed by atoms with E-state index in [1.807, 2.05) is 39.0 Å². The third-order valence-electron chi connectivity index (χ3n) is 6.50. The standard InChI is InChI=1S/C23H31N3O3/c1-2-17-5-7-18(8-6-17)21(27)24-12-14-25(15-13-24)23(29)20-4-3-11-26(16-20)22(28)19-9-10-19/h5-8,19-20H,2-4,9-16H2,1H3. The summed E-state index contributed by atoms with van der Waals surface area (Å²) in [5.41, 5.74) is 1.93. The molecule has 2 aliphatic heterocycles. The van der Waals surface area contributed by atoms with Crippen LogP contribution in [0, 0.1) is 11.8 Å². The molecule has 2 heterocycles. The van der Waals surface area contributed by atoms with Crippen LogP contribution in [0.5, 0.6) is 0 Å². The SMILES string of the molecule is CCc1ccc(C(=O)N2CCN(C(=O)C3CCCN(C(=O)C4CC4)C3)CC2)cc1. The number of carbonyl (C=O) groups excluding carboxylic acids is 3. The van der Waals surface area contributed by atoms with Gasteiger partial charge in [0.1, 0.15) is 0 Å². The molecule has 1 aromatic carbocycles. The normalized spacial score (nSPS) is 22.5. The number of hydrogen-bond acceptors (Lipinski definition) is 3. The highest BCUT2D eigenvalue weighted by atomic mass is 16.2. The minimum atomic E-state index is -0.0877. The highest BCUT2D eigenvalue weighted by Crippen LogP contribution is 2.32. The van der Waals surface area contributed by atoms with Crippen molar-refractivity contribution in [2.45, 2.75) is 39.0 Å². The molecule has 0 N–H and O–H groups in total. The van der Waals surface area contributed by atoms with Crippen LogP contribution in [0.1, 0.15) is 48.5 Å². The first kappa shape index (κ1) is 19.9. The molecular formula is C23H31N3O3. The maximum Gasteiger partial charge on any atom is 0.253 e. The minimum absolute atomic E-state index is 0.0404. The molecule has 3 amide bonds. The predicted molar refractivity (Wildman–Crippen MR) is 110 cm³/mol. The first-order valence-electron chi connectivity index (χ1n) is 11.0. The van der Waals surface area contributed by atoms with Gasteiger partial charge in [0.05, 0.1) is 5.92 Å². The van der Waals surface area contributed by atoms with Gasteiger partial charge in [0.15, 0.2) is 0 Å². The van der Waals surface area contributed by atoms with E-state index in [2.05, 4.69) is 6.92 Å². The Balaban J connectivity index is 1.29. The summed E-state index contributed by atoms with van der Waals surface area (Å²) in [6, 6.07) is 7.80. The van der Waals surface area contributed by atoms with E-state index in [1.54, 1.807) is 0 Å². The van der Waals surface area contributed by atoms with Gasteiger partial charge in [0.2, 0.25) is 11.8 Å². The summed E-state index contributed by atoms with van der Waals surface area (Å²) in [6.07, 6.45) is 4.73. The molecular weight excluding hydrogens is 366 g/mol. The van der Waals surface area contributed by atoms with Gasteiger partial charge >= 0.3 is 0 Å². The fourth-order valence-electron chi connectivity index (χ4n) is 4.42. The molecule has 1 atom stereocenters. The van der Waals surface area contributed by atoms with Crippen LogP contribution in [0.2, 0.25) is 0 Å². The van der Waals surface area contributed by atoms with E-state index in [1.165, 1.54) is 5.56 Å². The summed E-state index contributed by atoms with van der Waals surface area (Å²) in [6.45, 7) is 5.74. The van der Waals surface area contributed by atoms with E-state index >= 15 is 0 Å². The number of likely N-dealkylation sites (tertiary alicyclic amines) is 1. The highest BCUT2D eigenvalue weighted by molar-refractivity contribution is 5.94. The van der Waals surface area contributed by atoms with Crippen LogP contribution in [0.25, 0.3) is 0 Å². The fraction of sp³-hybridized carbons (Fsp3) is 0.609. The van der Waals surface area contributed by atoms with Crippen molar-refractivity contribution < 1.29 is 14.4 Å². The molecule has 1 aromatic rings. The van der Waals surface area contributed by atoms with Crippen molar-refractivity contribution in [1.29, 1.82) is 0 Å². The Labute approximate surface area is 172 Å². The van der Waals surface area contributed by atoms with Crippen molar-refractivity contribution in [3.05, 3.63) is 35.4 Å². The Morgan fingerprint density at radius 2 is 1.41 bits per heavy atom. The van der Waals surface area contributed by atoms with Crippen LogP contribution in [0.4, 0.5) is 0 Å². The second-order valence-corrected chi connectivity index (χ2v) is 8.57. The fourth-order valence-corrected chi connectivity index (χ4v) is 4.42. The molecule has 3 aliphatic rings. The lowest BCUT2D eigenvalue weighted by molar-refractivity contribution is -0.142. The Morgan fingerprint density at radius 1 is 0.793 bits per heavy atom. The molecule has 2 saturated heterocycles. The van der Waals surface area contributed by atoms with Gasteiger partial charge < -0.3 is 14.7 Å². The van der Waals surface area contributed by atoms with Gasteiger partial charge in [-0.1, -0.05) is 19.1 Å². The Bertz CT molecular complexity index is 764. The van der Waals surface area contributed by atoms with Crippen molar-refractivity contribution in [3.63, 3.8) is 0 Å². The Kier molecular flexibility index (Phi) is 5.88. The largest absolute Gasteiger partial charge is 0.342 e. The molecule has 29 heavy (non-hydrogen) atoms. The van der Waals surface area contributed by atoms with Crippen LogP contribution in [-0.2, 0) is 16.0 Å². The molecule has 3 fully saturated rings. The van der Waals surface area contributed by atoms with Gasteiger partial charge in [0.25, 0.3) is 5.91 Å². The molecule has 6 heteroatoms. The van der Waals surface area contributed by atoms with Gasteiger partial charge in [-0.3, -0.25) is 14.4 Å². The lowest BCUT2D eigenvalue weighted by atomic mass is 9.95. The van der Waals surface area contributed by atoms with Crippen molar-refractivity contribution in [2.75, 3.05) is 39.3 Å². The zero-order valence-corrected chi connectivity index (χ0v) is 17.3. The maximum absolute atomic E-state index is 13.0. The lowest BCUT2D eigenvalue weighted by Gasteiger charge is -2.39. The molecule has 0 spiro atoms. The number of piperidine rings is 1. The van der Waals surface area contributed by atoms with E-state index in [-0.39, 0.29) is 29.6 Å². The number of benzene rings is 1. The minimum Gasteiger partial charge on any atom is -0.342 e. The number of rotatable bonds is 4. The zero-order valence-electron chi connectivity index (χ0n) is 17.3. The molecule has 4 rings (SSSR count). The average molecular weight is 398 g/mol. The number of amides is 3. The van der Waals surface area contributed by atoms with E-state index in [0.717, 1.165) is 38.6 Å². The smallest absolute Gasteiger partial charge is 0.253 e. The van der Waals surface area contributed by atoms with Gasteiger partial charge in [-0.2, -0.15) is 0 Å². The van der Waals surface area contributed by atoms with Crippen LogP contribution < -0.4 is 0 Å². The van der Waals surface area contributed by atoms with Crippen LogP contribution in [0.3, 0.4) is 0 Å². The molecule has 0 bridgehead atoms. The average Bonchev–Trinajstić information content (AvgIpc) is 3.63. The maximum atomic E-state index is 13.0. The van der Waals surface area contributed by atoms with Gasteiger partial charge in [-0.05, 0) is 49.8 Å². The molecule has 0 aromatic heterocycles. The molecule has 1 aliphatic carbocycles. The lowest BCUT2D eigenvalue weighted by Crippen LogP contribution is -2.54.